The van der Waals surface area contributed by atoms with Gasteiger partial charge in [-0.25, -0.2) is 0 Å². The van der Waals surface area contributed by atoms with Crippen LogP contribution in [-0.2, 0) is 16.1 Å². The lowest BCUT2D eigenvalue weighted by atomic mass is 10.1. The highest BCUT2D eigenvalue weighted by atomic mass is 32.1. The Morgan fingerprint density at radius 1 is 1.50 bits per heavy atom. The van der Waals surface area contributed by atoms with Gasteiger partial charge in [-0.05, 0) is 30.5 Å². The molecule has 1 aliphatic heterocycles. The second kappa shape index (κ2) is 6.36. The molecule has 0 aromatic carbocycles. The van der Waals surface area contributed by atoms with Crippen molar-refractivity contribution in [2.24, 2.45) is 5.92 Å². The Kier molecular flexibility index (Phi) is 4.29. The van der Waals surface area contributed by atoms with E-state index in [0.29, 0.717) is 13.1 Å². The number of nitrogens with one attached hydrogen (secondary N) is 1. The molecule has 2 amide bonds. The number of rotatable bonds is 5. The van der Waals surface area contributed by atoms with Crippen LogP contribution in [0.2, 0.25) is 0 Å². The summed E-state index contributed by atoms with van der Waals surface area (Å²) in [5.74, 6) is 0.391. The first-order chi connectivity index (χ1) is 10.6. The molecular formula is C16H18N2O3S. The van der Waals surface area contributed by atoms with Gasteiger partial charge in [-0.15, -0.1) is 11.3 Å². The van der Waals surface area contributed by atoms with Crippen molar-refractivity contribution in [3.8, 4) is 0 Å². The van der Waals surface area contributed by atoms with Crippen molar-refractivity contribution in [1.29, 1.82) is 0 Å². The van der Waals surface area contributed by atoms with E-state index in [9.17, 15) is 9.59 Å². The fourth-order valence-electron chi connectivity index (χ4n) is 2.63. The molecule has 116 valence electrons. The summed E-state index contributed by atoms with van der Waals surface area (Å²) in [7, 11) is 0. The molecule has 1 aliphatic rings. The fourth-order valence-corrected chi connectivity index (χ4v) is 3.37. The first kappa shape index (κ1) is 14.8. The van der Waals surface area contributed by atoms with Crippen LogP contribution in [0.1, 0.15) is 30.0 Å². The van der Waals surface area contributed by atoms with Gasteiger partial charge in [-0.3, -0.25) is 9.59 Å². The van der Waals surface area contributed by atoms with Crippen LogP contribution in [0.5, 0.6) is 0 Å². The predicted molar refractivity (Wildman–Crippen MR) is 83.1 cm³/mol. The lowest BCUT2D eigenvalue weighted by molar-refractivity contribution is -0.129. The van der Waals surface area contributed by atoms with Gasteiger partial charge in [0, 0.05) is 17.8 Å². The number of thiophene rings is 1. The zero-order valence-electron chi connectivity index (χ0n) is 12.3. The summed E-state index contributed by atoms with van der Waals surface area (Å²) in [5.41, 5.74) is 0. The molecular weight excluding hydrogens is 300 g/mol. The van der Waals surface area contributed by atoms with Crippen LogP contribution >= 0.6 is 11.3 Å². The predicted octanol–water partition coefficient (Wildman–Crippen LogP) is 2.57. The van der Waals surface area contributed by atoms with Crippen LogP contribution in [0.25, 0.3) is 0 Å². The van der Waals surface area contributed by atoms with Crippen molar-refractivity contribution < 1.29 is 14.0 Å². The molecule has 1 saturated heterocycles. The number of carbonyl (C=O) groups is 2. The summed E-state index contributed by atoms with van der Waals surface area (Å²) >= 11 is 1.61. The smallest absolute Gasteiger partial charge is 0.225 e. The zero-order chi connectivity index (χ0) is 15.5. The molecule has 3 heterocycles. The number of carbonyl (C=O) groups excluding carboxylic acids is 2. The third-order valence-electron chi connectivity index (χ3n) is 3.84. The van der Waals surface area contributed by atoms with Crippen molar-refractivity contribution in [3.05, 3.63) is 46.5 Å². The Bertz CT molecular complexity index is 636. The molecule has 0 aliphatic carbocycles. The second-order valence-electron chi connectivity index (χ2n) is 5.50. The average Bonchev–Trinajstić information content (AvgIpc) is 3.22. The first-order valence-electron chi connectivity index (χ1n) is 7.27. The molecule has 6 heteroatoms. The maximum Gasteiger partial charge on any atom is 0.225 e. The SMILES string of the molecule is CC(NC(=O)C1CC(=O)N(Cc2ccco2)C1)c1cccs1. The highest BCUT2D eigenvalue weighted by Crippen LogP contribution is 2.23. The van der Waals surface area contributed by atoms with E-state index in [1.807, 2.05) is 30.5 Å². The summed E-state index contributed by atoms with van der Waals surface area (Å²) in [6, 6.07) is 7.56. The van der Waals surface area contributed by atoms with Gasteiger partial charge < -0.3 is 14.6 Å². The van der Waals surface area contributed by atoms with Gasteiger partial charge in [0.1, 0.15) is 5.76 Å². The molecule has 5 nitrogen and oxygen atoms in total. The second-order valence-corrected chi connectivity index (χ2v) is 6.48. The minimum absolute atomic E-state index is 0.000302. The molecule has 2 unspecified atom stereocenters. The maximum atomic E-state index is 12.3. The molecule has 22 heavy (non-hydrogen) atoms. The van der Waals surface area contributed by atoms with E-state index in [1.165, 1.54) is 0 Å². The zero-order valence-corrected chi connectivity index (χ0v) is 13.1. The summed E-state index contributed by atoms with van der Waals surface area (Å²) in [4.78, 5) is 27.2. The fraction of sp³-hybridized carbons (Fsp3) is 0.375. The van der Waals surface area contributed by atoms with Crippen LogP contribution in [0.15, 0.2) is 40.3 Å². The van der Waals surface area contributed by atoms with Crippen molar-refractivity contribution in [2.75, 3.05) is 6.54 Å². The lowest BCUT2D eigenvalue weighted by Crippen LogP contribution is -2.34. The Morgan fingerprint density at radius 3 is 3.05 bits per heavy atom. The minimum atomic E-state index is -0.287. The summed E-state index contributed by atoms with van der Waals surface area (Å²) in [6.07, 6.45) is 1.85. The number of amides is 2. The lowest BCUT2D eigenvalue weighted by Gasteiger charge is -2.17. The summed E-state index contributed by atoms with van der Waals surface area (Å²) < 4.78 is 5.26. The van der Waals surface area contributed by atoms with E-state index >= 15 is 0 Å². The van der Waals surface area contributed by atoms with Crippen LogP contribution < -0.4 is 5.32 Å². The number of hydrogen-bond donors (Lipinski definition) is 1. The van der Waals surface area contributed by atoms with Crippen molar-refractivity contribution in [2.45, 2.75) is 25.9 Å². The van der Waals surface area contributed by atoms with E-state index in [2.05, 4.69) is 5.32 Å². The average molecular weight is 318 g/mol. The largest absolute Gasteiger partial charge is 0.467 e. The highest BCUT2D eigenvalue weighted by Gasteiger charge is 2.35. The Morgan fingerprint density at radius 2 is 2.36 bits per heavy atom. The van der Waals surface area contributed by atoms with Gasteiger partial charge in [-0.2, -0.15) is 0 Å². The van der Waals surface area contributed by atoms with Crippen LogP contribution in [0, 0.1) is 5.92 Å². The Hall–Kier alpha value is -2.08. The Labute approximate surface area is 132 Å². The molecule has 1 N–H and O–H groups in total. The quantitative estimate of drug-likeness (QED) is 0.921. The van der Waals surface area contributed by atoms with Gasteiger partial charge in [0.25, 0.3) is 0 Å². The van der Waals surface area contributed by atoms with E-state index < -0.39 is 0 Å². The van der Waals surface area contributed by atoms with Gasteiger partial charge in [-0.1, -0.05) is 6.07 Å². The molecule has 0 spiro atoms. The van der Waals surface area contributed by atoms with Crippen LogP contribution in [0.3, 0.4) is 0 Å². The van der Waals surface area contributed by atoms with Crippen molar-refractivity contribution in [3.63, 3.8) is 0 Å². The molecule has 2 aromatic rings. The third kappa shape index (κ3) is 3.22. The molecule has 0 bridgehead atoms. The van der Waals surface area contributed by atoms with E-state index in [0.717, 1.165) is 10.6 Å². The van der Waals surface area contributed by atoms with Crippen LogP contribution in [0.4, 0.5) is 0 Å². The third-order valence-corrected chi connectivity index (χ3v) is 4.90. The normalized spacial score (nSPS) is 19.4. The van der Waals surface area contributed by atoms with E-state index in [1.54, 1.807) is 28.6 Å². The number of likely N-dealkylation sites (tertiary alicyclic amines) is 1. The highest BCUT2D eigenvalue weighted by molar-refractivity contribution is 7.10. The molecule has 3 rings (SSSR count). The standard InChI is InChI=1S/C16H18N2O3S/c1-11(14-5-3-7-22-14)17-16(20)12-8-15(19)18(9-12)10-13-4-2-6-21-13/h2-7,11-12H,8-10H2,1H3,(H,17,20). The molecule has 2 aromatic heterocycles. The summed E-state index contributed by atoms with van der Waals surface area (Å²) in [5, 5.41) is 4.98. The van der Waals surface area contributed by atoms with E-state index in [-0.39, 0.29) is 30.2 Å². The Balaban J connectivity index is 1.56. The molecule has 0 saturated carbocycles. The monoisotopic (exact) mass is 318 g/mol. The number of nitrogens with zero attached hydrogens (tertiary/aromatic N) is 1. The summed E-state index contributed by atoms with van der Waals surface area (Å²) in [6.45, 7) is 2.83. The maximum absolute atomic E-state index is 12.3. The number of hydrogen-bond acceptors (Lipinski definition) is 4. The van der Waals surface area contributed by atoms with Crippen molar-refractivity contribution >= 4 is 23.2 Å². The van der Waals surface area contributed by atoms with E-state index in [4.69, 9.17) is 4.42 Å². The topological polar surface area (TPSA) is 62.6 Å². The molecule has 0 radical (unpaired) electrons. The van der Waals surface area contributed by atoms with Gasteiger partial charge in [0.2, 0.25) is 11.8 Å². The minimum Gasteiger partial charge on any atom is -0.467 e. The molecule has 2 atom stereocenters. The van der Waals surface area contributed by atoms with Gasteiger partial charge >= 0.3 is 0 Å². The first-order valence-corrected chi connectivity index (χ1v) is 8.15. The molecule has 1 fully saturated rings. The van der Waals surface area contributed by atoms with Gasteiger partial charge in [0.15, 0.2) is 0 Å². The van der Waals surface area contributed by atoms with Crippen molar-refractivity contribution in [1.82, 2.24) is 10.2 Å². The van der Waals surface area contributed by atoms with Crippen LogP contribution in [-0.4, -0.2) is 23.3 Å². The van der Waals surface area contributed by atoms with Gasteiger partial charge in [0.05, 0.1) is 24.8 Å². The number of furan rings is 1.